The molecule has 2 nitrogen and oxygen atoms in total. The summed E-state index contributed by atoms with van der Waals surface area (Å²) >= 11 is 0. The number of benzene rings is 8. The third-order valence-corrected chi connectivity index (χ3v) is 12.0. The maximum atomic E-state index is 6.64. The van der Waals surface area contributed by atoms with Gasteiger partial charge in [-0.25, -0.2) is 0 Å². The molecule has 0 amide bonds. The first-order chi connectivity index (χ1) is 27.2. The van der Waals surface area contributed by atoms with Crippen LogP contribution in [0.4, 0.5) is 17.1 Å². The summed E-state index contributed by atoms with van der Waals surface area (Å²) < 4.78 is 6.64. The molecule has 1 heterocycles. The first-order valence-electron chi connectivity index (χ1n) is 19.8. The van der Waals surface area contributed by atoms with Crippen LogP contribution in [-0.4, -0.2) is 0 Å². The Hall–Kier alpha value is -6.38. The highest BCUT2D eigenvalue weighted by Gasteiger charge is 2.34. The Balaban J connectivity index is 1.09. The number of hydrogen-bond donors (Lipinski definition) is 0. The van der Waals surface area contributed by atoms with Crippen LogP contribution in [0.5, 0.6) is 0 Å². The Morgan fingerprint density at radius 2 is 1.02 bits per heavy atom. The van der Waals surface area contributed by atoms with Crippen molar-refractivity contribution in [1.82, 2.24) is 0 Å². The molecule has 0 unspecified atom stereocenters. The lowest BCUT2D eigenvalue weighted by atomic mass is 9.69. The molecule has 0 atom stereocenters. The van der Waals surface area contributed by atoms with Gasteiger partial charge in [-0.3, -0.25) is 0 Å². The summed E-state index contributed by atoms with van der Waals surface area (Å²) in [5, 5.41) is 4.79. The zero-order valence-corrected chi connectivity index (χ0v) is 31.0. The van der Waals surface area contributed by atoms with Crippen LogP contribution in [0.15, 0.2) is 192 Å². The van der Waals surface area contributed by atoms with E-state index in [0.29, 0.717) is 0 Å². The van der Waals surface area contributed by atoms with Crippen LogP contribution >= 0.6 is 0 Å². The number of rotatable bonds is 7. The molecule has 10 rings (SSSR count). The van der Waals surface area contributed by atoms with Crippen LogP contribution in [0.2, 0.25) is 0 Å². The summed E-state index contributed by atoms with van der Waals surface area (Å²) in [6.07, 6.45) is 7.51. The summed E-state index contributed by atoms with van der Waals surface area (Å²) in [7, 11) is 0. The van der Waals surface area contributed by atoms with E-state index in [2.05, 4.69) is 193 Å². The zero-order valence-electron chi connectivity index (χ0n) is 31.0. The van der Waals surface area contributed by atoms with Gasteiger partial charge in [-0.1, -0.05) is 159 Å². The Morgan fingerprint density at radius 1 is 0.400 bits per heavy atom. The van der Waals surface area contributed by atoms with Crippen molar-refractivity contribution in [2.45, 2.75) is 43.9 Å². The van der Waals surface area contributed by atoms with E-state index in [1.54, 1.807) is 0 Å². The second-order valence-electron chi connectivity index (χ2n) is 15.2. The van der Waals surface area contributed by atoms with Crippen LogP contribution < -0.4 is 4.90 Å². The van der Waals surface area contributed by atoms with Gasteiger partial charge in [-0.2, -0.15) is 0 Å². The standard InChI is InChI=1S/C53H43NO/c1-2-12-35-53(34-11-1,43-18-7-4-8-19-43)44-26-30-46(31-27-44)54(45-28-24-39(25-29-45)42-23-22-38-14-9-10-17-41(38)36-42)47-32-33-49-51(37-47)55-50-21-13-20-48(52(49)50)40-15-5-3-6-16-40/h3-10,13-33,36-37H,1-2,11-12,34-35H2. The maximum Gasteiger partial charge on any atom is 0.137 e. The Labute approximate surface area is 323 Å². The van der Waals surface area contributed by atoms with Gasteiger partial charge in [0.1, 0.15) is 11.2 Å². The lowest BCUT2D eigenvalue weighted by Crippen LogP contribution is -2.27. The minimum absolute atomic E-state index is 0.0340. The van der Waals surface area contributed by atoms with Crippen LogP contribution in [0.3, 0.4) is 0 Å². The smallest absolute Gasteiger partial charge is 0.137 e. The predicted molar refractivity (Wildman–Crippen MR) is 232 cm³/mol. The molecule has 9 aromatic rings. The molecule has 1 saturated carbocycles. The first-order valence-corrected chi connectivity index (χ1v) is 19.8. The van der Waals surface area contributed by atoms with Gasteiger partial charge in [0.15, 0.2) is 0 Å². The number of hydrogen-bond acceptors (Lipinski definition) is 2. The molecule has 55 heavy (non-hydrogen) atoms. The normalized spacial score (nSPS) is 14.3. The highest BCUT2D eigenvalue weighted by molar-refractivity contribution is 6.13. The van der Waals surface area contributed by atoms with Crippen LogP contribution in [0, 0.1) is 0 Å². The fourth-order valence-electron chi connectivity index (χ4n) is 9.19. The van der Waals surface area contributed by atoms with Crippen molar-refractivity contribution in [2.24, 2.45) is 0 Å². The number of nitrogens with zero attached hydrogens (tertiary/aromatic N) is 1. The molecular formula is C53H43NO. The summed E-state index contributed by atoms with van der Waals surface area (Å²) in [5.74, 6) is 0. The van der Waals surface area contributed by atoms with Crippen molar-refractivity contribution >= 4 is 49.8 Å². The lowest BCUT2D eigenvalue weighted by molar-refractivity contribution is 0.446. The average Bonchev–Trinajstić information content (AvgIpc) is 3.44. The van der Waals surface area contributed by atoms with Crippen LogP contribution in [0.1, 0.15) is 49.7 Å². The molecule has 0 bridgehead atoms. The molecule has 8 aromatic carbocycles. The molecule has 0 saturated heterocycles. The number of furan rings is 1. The van der Waals surface area contributed by atoms with Gasteiger partial charge in [-0.15, -0.1) is 0 Å². The van der Waals surface area contributed by atoms with Gasteiger partial charge in [0.2, 0.25) is 0 Å². The molecule has 1 aromatic heterocycles. The summed E-state index contributed by atoms with van der Waals surface area (Å²) in [6, 6.07) is 68.7. The highest BCUT2D eigenvalue weighted by Crippen LogP contribution is 2.46. The van der Waals surface area contributed by atoms with Crippen LogP contribution in [0.25, 0.3) is 55.0 Å². The Morgan fingerprint density at radius 3 is 1.76 bits per heavy atom. The van der Waals surface area contributed by atoms with Crippen molar-refractivity contribution in [3.8, 4) is 22.3 Å². The van der Waals surface area contributed by atoms with Gasteiger partial charge in [0, 0.05) is 39.3 Å². The van der Waals surface area contributed by atoms with Gasteiger partial charge < -0.3 is 9.32 Å². The minimum atomic E-state index is 0.0340. The topological polar surface area (TPSA) is 16.4 Å². The van der Waals surface area contributed by atoms with E-state index in [9.17, 15) is 0 Å². The van der Waals surface area contributed by atoms with Gasteiger partial charge in [0.25, 0.3) is 0 Å². The van der Waals surface area contributed by atoms with Gasteiger partial charge >= 0.3 is 0 Å². The summed E-state index contributed by atoms with van der Waals surface area (Å²) in [5.41, 5.74) is 12.8. The molecule has 0 aliphatic heterocycles. The van der Waals surface area contributed by atoms with Crippen molar-refractivity contribution in [3.63, 3.8) is 0 Å². The lowest BCUT2D eigenvalue weighted by Gasteiger charge is -2.35. The fourth-order valence-corrected chi connectivity index (χ4v) is 9.19. The monoisotopic (exact) mass is 709 g/mol. The van der Waals surface area contributed by atoms with E-state index in [1.807, 2.05) is 0 Å². The maximum absolute atomic E-state index is 6.64. The Kier molecular flexibility index (Phi) is 8.52. The van der Waals surface area contributed by atoms with Gasteiger partial charge in [0.05, 0.1) is 0 Å². The van der Waals surface area contributed by atoms with Crippen LogP contribution in [-0.2, 0) is 5.41 Å². The van der Waals surface area contributed by atoms with E-state index in [-0.39, 0.29) is 5.41 Å². The molecule has 1 aliphatic carbocycles. The molecule has 0 N–H and O–H groups in total. The minimum Gasteiger partial charge on any atom is -0.456 e. The third-order valence-electron chi connectivity index (χ3n) is 12.0. The van der Waals surface area contributed by atoms with Crippen molar-refractivity contribution in [2.75, 3.05) is 4.90 Å². The first kappa shape index (κ1) is 33.2. The zero-order chi connectivity index (χ0) is 36.6. The molecule has 1 fully saturated rings. The molecule has 2 heteroatoms. The quantitative estimate of drug-likeness (QED) is 0.153. The van der Waals surface area contributed by atoms with Gasteiger partial charge in [-0.05, 0) is 106 Å². The fraction of sp³-hybridized carbons (Fsp3) is 0.132. The second-order valence-corrected chi connectivity index (χ2v) is 15.2. The molecule has 0 spiro atoms. The van der Waals surface area contributed by atoms with Crippen molar-refractivity contribution in [1.29, 1.82) is 0 Å². The Bertz CT molecular complexity index is 2740. The van der Waals surface area contributed by atoms with Crippen molar-refractivity contribution in [3.05, 3.63) is 199 Å². The third kappa shape index (κ3) is 6.09. The average molecular weight is 710 g/mol. The van der Waals surface area contributed by atoms with E-state index in [1.165, 1.54) is 82.7 Å². The van der Waals surface area contributed by atoms with E-state index in [4.69, 9.17) is 4.42 Å². The SMILES string of the molecule is c1ccc(-c2cccc3oc4cc(N(c5ccc(-c6ccc7ccccc7c6)cc5)c5ccc(C6(c7ccccc7)CCCCCC6)cc5)ccc4c23)cc1. The molecule has 1 aliphatic rings. The largest absolute Gasteiger partial charge is 0.456 e. The summed E-state index contributed by atoms with van der Waals surface area (Å²) in [4.78, 5) is 2.38. The molecule has 0 radical (unpaired) electrons. The predicted octanol–water partition coefficient (Wildman–Crippen LogP) is 15.2. The second kappa shape index (κ2) is 14.1. The number of fused-ring (bicyclic) bond motifs is 4. The molecular weight excluding hydrogens is 667 g/mol. The van der Waals surface area contributed by atoms with E-state index >= 15 is 0 Å². The summed E-state index contributed by atoms with van der Waals surface area (Å²) in [6.45, 7) is 0. The van der Waals surface area contributed by atoms with E-state index in [0.717, 1.165) is 39.0 Å². The highest BCUT2D eigenvalue weighted by atomic mass is 16.3. The van der Waals surface area contributed by atoms with Crippen molar-refractivity contribution < 1.29 is 4.42 Å². The number of anilines is 3. The molecule has 266 valence electrons. The van der Waals surface area contributed by atoms with E-state index < -0.39 is 0 Å².